The molecule has 2 rings (SSSR count). The van der Waals surface area contributed by atoms with Crippen LogP contribution in [-0.2, 0) is 18.8 Å². The zero-order valence-electron chi connectivity index (χ0n) is 8.85. The van der Waals surface area contributed by atoms with E-state index in [1.165, 1.54) is 5.56 Å². The Morgan fingerprint density at radius 3 is 3.07 bits per heavy atom. The summed E-state index contributed by atoms with van der Waals surface area (Å²) in [6, 6.07) is 1.95. The summed E-state index contributed by atoms with van der Waals surface area (Å²) >= 11 is 5.71. The van der Waals surface area contributed by atoms with E-state index in [-0.39, 0.29) is 11.4 Å². The van der Waals surface area contributed by atoms with Gasteiger partial charge in [0.25, 0.3) is 5.56 Å². The Labute approximate surface area is 94.1 Å². The minimum Gasteiger partial charge on any atom is -0.326 e. The Kier molecular flexibility index (Phi) is 3.12. The Morgan fingerprint density at radius 1 is 1.60 bits per heavy atom. The van der Waals surface area contributed by atoms with Crippen LogP contribution in [0.15, 0.2) is 10.9 Å². The standard InChI is InChI=1S/C11H15ClN2O/c1-2-14-4-3-10-9(7-14)5-8(6-12)11(15)13-10/h5H,2-4,6-7H2,1H3,(H,13,15). The van der Waals surface area contributed by atoms with E-state index in [0.29, 0.717) is 5.56 Å². The van der Waals surface area contributed by atoms with Gasteiger partial charge in [-0.3, -0.25) is 9.69 Å². The van der Waals surface area contributed by atoms with Gasteiger partial charge in [-0.1, -0.05) is 6.92 Å². The SMILES string of the molecule is CCN1CCc2[nH]c(=O)c(CCl)cc2C1. The van der Waals surface area contributed by atoms with E-state index in [1.54, 1.807) is 0 Å². The van der Waals surface area contributed by atoms with Crippen LogP contribution in [0.2, 0.25) is 0 Å². The molecule has 0 saturated heterocycles. The molecule has 0 unspecified atom stereocenters. The van der Waals surface area contributed by atoms with Gasteiger partial charge in [-0.2, -0.15) is 0 Å². The van der Waals surface area contributed by atoms with E-state index >= 15 is 0 Å². The molecule has 0 amide bonds. The largest absolute Gasteiger partial charge is 0.326 e. The molecule has 0 aromatic carbocycles. The first-order chi connectivity index (χ1) is 7.24. The fraction of sp³-hybridized carbons (Fsp3) is 0.545. The Hall–Kier alpha value is -0.800. The van der Waals surface area contributed by atoms with E-state index in [2.05, 4.69) is 16.8 Å². The lowest BCUT2D eigenvalue weighted by atomic mass is 10.0. The van der Waals surface area contributed by atoms with Crippen molar-refractivity contribution in [1.29, 1.82) is 0 Å². The second-order valence-electron chi connectivity index (χ2n) is 3.88. The van der Waals surface area contributed by atoms with Crippen molar-refractivity contribution in [3.8, 4) is 0 Å². The zero-order valence-corrected chi connectivity index (χ0v) is 9.60. The number of pyridine rings is 1. The van der Waals surface area contributed by atoms with Gasteiger partial charge in [0.2, 0.25) is 0 Å². The minimum absolute atomic E-state index is 0.0336. The number of aromatic amines is 1. The number of nitrogens with one attached hydrogen (secondary N) is 1. The molecule has 0 radical (unpaired) electrons. The molecule has 3 nitrogen and oxygen atoms in total. The van der Waals surface area contributed by atoms with E-state index in [1.807, 2.05) is 6.07 Å². The number of H-pyrrole nitrogens is 1. The van der Waals surface area contributed by atoms with Crippen LogP contribution in [0.25, 0.3) is 0 Å². The number of hydrogen-bond acceptors (Lipinski definition) is 2. The Balaban J connectivity index is 2.37. The normalized spacial score (nSPS) is 16.4. The van der Waals surface area contributed by atoms with Crippen molar-refractivity contribution in [3.05, 3.63) is 33.2 Å². The fourth-order valence-corrected chi connectivity index (χ4v) is 2.18. The summed E-state index contributed by atoms with van der Waals surface area (Å²) in [5.41, 5.74) is 2.94. The number of aromatic nitrogens is 1. The van der Waals surface area contributed by atoms with Crippen molar-refractivity contribution >= 4 is 11.6 Å². The van der Waals surface area contributed by atoms with Crippen molar-refractivity contribution in [3.63, 3.8) is 0 Å². The molecule has 1 aliphatic rings. The van der Waals surface area contributed by atoms with Gasteiger partial charge in [0.1, 0.15) is 0 Å². The van der Waals surface area contributed by atoms with Crippen molar-refractivity contribution in [1.82, 2.24) is 9.88 Å². The molecule has 0 spiro atoms. The first kappa shape index (κ1) is 10.7. The number of nitrogens with zero attached hydrogens (tertiary/aromatic N) is 1. The van der Waals surface area contributed by atoms with Gasteiger partial charge in [-0.05, 0) is 18.2 Å². The summed E-state index contributed by atoms with van der Waals surface area (Å²) in [6.45, 7) is 5.15. The van der Waals surface area contributed by atoms with Gasteiger partial charge in [0, 0.05) is 30.8 Å². The highest BCUT2D eigenvalue weighted by molar-refractivity contribution is 6.17. The summed E-state index contributed by atoms with van der Waals surface area (Å²) in [7, 11) is 0. The third-order valence-electron chi connectivity index (χ3n) is 2.96. The van der Waals surface area contributed by atoms with Crippen LogP contribution in [0, 0.1) is 0 Å². The van der Waals surface area contributed by atoms with Crippen LogP contribution in [0.3, 0.4) is 0 Å². The van der Waals surface area contributed by atoms with Gasteiger partial charge in [0.15, 0.2) is 0 Å². The van der Waals surface area contributed by atoms with Crippen molar-refractivity contribution in [2.24, 2.45) is 0 Å². The Bertz CT molecular complexity index is 414. The maximum atomic E-state index is 11.5. The van der Waals surface area contributed by atoms with Gasteiger partial charge >= 0.3 is 0 Å². The highest BCUT2D eigenvalue weighted by Crippen LogP contribution is 2.16. The second-order valence-corrected chi connectivity index (χ2v) is 4.15. The van der Waals surface area contributed by atoms with Gasteiger partial charge in [-0.25, -0.2) is 0 Å². The van der Waals surface area contributed by atoms with E-state index in [9.17, 15) is 4.79 Å². The molecule has 0 bridgehead atoms. The number of halogens is 1. The molecule has 0 aliphatic carbocycles. The minimum atomic E-state index is -0.0336. The predicted molar refractivity (Wildman–Crippen MR) is 61.3 cm³/mol. The number of hydrogen-bond donors (Lipinski definition) is 1. The summed E-state index contributed by atoms with van der Waals surface area (Å²) in [6.07, 6.45) is 0.932. The molecule has 0 atom stereocenters. The van der Waals surface area contributed by atoms with Crippen LogP contribution in [0.1, 0.15) is 23.7 Å². The first-order valence-corrected chi connectivity index (χ1v) is 5.80. The van der Waals surface area contributed by atoms with Gasteiger partial charge in [0.05, 0.1) is 5.88 Å². The third kappa shape index (κ3) is 2.08. The lowest BCUT2D eigenvalue weighted by molar-refractivity contribution is 0.265. The summed E-state index contributed by atoms with van der Waals surface area (Å²) in [5, 5.41) is 0. The monoisotopic (exact) mass is 226 g/mol. The van der Waals surface area contributed by atoms with E-state index < -0.39 is 0 Å². The molecule has 4 heteroatoms. The number of alkyl halides is 1. The molecule has 1 aromatic rings. The Morgan fingerprint density at radius 2 is 2.40 bits per heavy atom. The van der Waals surface area contributed by atoms with E-state index in [4.69, 9.17) is 11.6 Å². The maximum Gasteiger partial charge on any atom is 0.252 e. The molecule has 0 saturated carbocycles. The summed E-state index contributed by atoms with van der Waals surface area (Å²) < 4.78 is 0. The average molecular weight is 227 g/mol. The van der Waals surface area contributed by atoms with E-state index in [0.717, 1.165) is 31.7 Å². The lowest BCUT2D eigenvalue weighted by Gasteiger charge is -2.27. The highest BCUT2D eigenvalue weighted by atomic mass is 35.5. The molecular formula is C11H15ClN2O. The van der Waals surface area contributed by atoms with Crippen molar-refractivity contribution < 1.29 is 0 Å². The second kappa shape index (κ2) is 4.37. The van der Waals surface area contributed by atoms with Crippen LogP contribution in [0.4, 0.5) is 0 Å². The fourth-order valence-electron chi connectivity index (χ4n) is 1.98. The van der Waals surface area contributed by atoms with Crippen molar-refractivity contribution in [2.45, 2.75) is 25.8 Å². The first-order valence-electron chi connectivity index (χ1n) is 5.27. The summed E-state index contributed by atoms with van der Waals surface area (Å²) in [4.78, 5) is 16.8. The lowest BCUT2D eigenvalue weighted by Crippen LogP contribution is -2.32. The third-order valence-corrected chi connectivity index (χ3v) is 3.24. The van der Waals surface area contributed by atoms with Gasteiger partial charge in [-0.15, -0.1) is 11.6 Å². The van der Waals surface area contributed by atoms with Crippen LogP contribution >= 0.6 is 11.6 Å². The molecule has 1 N–H and O–H groups in total. The van der Waals surface area contributed by atoms with Crippen LogP contribution in [0.5, 0.6) is 0 Å². The van der Waals surface area contributed by atoms with Crippen LogP contribution < -0.4 is 5.56 Å². The smallest absolute Gasteiger partial charge is 0.252 e. The number of fused-ring (bicyclic) bond motifs is 1. The molecule has 82 valence electrons. The quantitative estimate of drug-likeness (QED) is 0.776. The molecule has 1 aromatic heterocycles. The van der Waals surface area contributed by atoms with Crippen LogP contribution in [-0.4, -0.2) is 23.0 Å². The zero-order chi connectivity index (χ0) is 10.8. The summed E-state index contributed by atoms with van der Waals surface area (Å²) in [5.74, 6) is 0.286. The maximum absolute atomic E-state index is 11.5. The average Bonchev–Trinajstić information content (AvgIpc) is 2.27. The molecule has 15 heavy (non-hydrogen) atoms. The van der Waals surface area contributed by atoms with Gasteiger partial charge < -0.3 is 4.98 Å². The molecule has 1 aliphatic heterocycles. The van der Waals surface area contributed by atoms with Crippen molar-refractivity contribution in [2.75, 3.05) is 13.1 Å². The topological polar surface area (TPSA) is 36.1 Å². The molecule has 2 heterocycles. The molecule has 0 fully saturated rings. The molecular weight excluding hydrogens is 212 g/mol. The number of rotatable bonds is 2. The number of likely N-dealkylation sites (N-methyl/N-ethyl adjacent to an activating group) is 1. The highest BCUT2D eigenvalue weighted by Gasteiger charge is 2.16. The predicted octanol–water partition coefficient (Wildman–Crippen LogP) is 1.49.